The fraction of sp³-hybridized carbons (Fsp3) is 0.393. The van der Waals surface area contributed by atoms with Crippen molar-refractivity contribution in [3.63, 3.8) is 0 Å². The summed E-state index contributed by atoms with van der Waals surface area (Å²) in [7, 11) is 1.59. The van der Waals surface area contributed by atoms with E-state index in [1.165, 1.54) is 27.9 Å². The van der Waals surface area contributed by atoms with Crippen molar-refractivity contribution >= 4 is 51.5 Å². The van der Waals surface area contributed by atoms with Crippen LogP contribution in [0.2, 0.25) is 5.02 Å². The molecule has 2 atom stereocenters. The van der Waals surface area contributed by atoms with Gasteiger partial charge in [0.2, 0.25) is 0 Å². The number of alkyl halides is 4. The molecule has 0 N–H and O–H groups in total. The number of hydrogen-bond donors (Lipinski definition) is 0. The summed E-state index contributed by atoms with van der Waals surface area (Å²) >= 11 is 6.64. The van der Waals surface area contributed by atoms with Gasteiger partial charge in [-0.15, -0.1) is 0 Å². The van der Waals surface area contributed by atoms with Gasteiger partial charge >= 0.3 is 6.18 Å². The van der Waals surface area contributed by atoms with Crippen molar-refractivity contribution in [1.29, 1.82) is 0 Å². The largest absolute Gasteiger partial charge is 0.416 e. The average Bonchev–Trinajstić information content (AvgIpc) is 3.56. The Morgan fingerprint density at radius 3 is 2.73 bits per heavy atom. The third-order valence-corrected chi connectivity index (χ3v) is 8.42. The first-order valence-corrected chi connectivity index (χ1v) is 14.2. The molecule has 1 unspecified atom stereocenters. The molecule has 41 heavy (non-hydrogen) atoms. The number of hydrogen-bond acceptors (Lipinski definition) is 6. The number of carbonyl (C=O) groups is 2. The number of likely N-dealkylation sites (tertiary alicyclic amines) is 1. The molecule has 3 heterocycles. The Balaban J connectivity index is 1.28. The fourth-order valence-corrected chi connectivity index (χ4v) is 6.30. The van der Waals surface area contributed by atoms with Crippen LogP contribution in [0.5, 0.6) is 0 Å². The van der Waals surface area contributed by atoms with Crippen LogP contribution in [0.4, 0.5) is 22.4 Å². The maximum atomic E-state index is 14.0. The second-order valence-electron chi connectivity index (χ2n) is 10.0. The van der Waals surface area contributed by atoms with Gasteiger partial charge in [-0.25, -0.2) is 4.39 Å². The summed E-state index contributed by atoms with van der Waals surface area (Å²) in [5.74, 6) is -0.406. The summed E-state index contributed by atoms with van der Waals surface area (Å²) in [6.45, 7) is 1.47. The standard InChI is InChI=1S/C28H27ClF4N4O3S/c1-40-9-8-35-16-21(30)13-22(35)6-7-36-26(38)25(41-27(36)39)11-17-2-5-24-19(10-17)14-34-37(24)15-18-3-4-20(29)12-23(18)28(31,32)33/h2-5,10-12,14,21-22H,6-9,13,15-16H2,1H3/b25-11-/t21-,22?/m1/s1. The normalized spacial score (nSPS) is 21.2. The van der Waals surface area contributed by atoms with Crippen LogP contribution in [0, 0.1) is 0 Å². The molecule has 0 bridgehead atoms. The van der Waals surface area contributed by atoms with E-state index in [1.54, 1.807) is 31.4 Å². The monoisotopic (exact) mass is 610 g/mol. The smallest absolute Gasteiger partial charge is 0.383 e. The molecule has 5 rings (SSSR count). The van der Waals surface area contributed by atoms with Crippen molar-refractivity contribution in [3.05, 3.63) is 69.2 Å². The van der Waals surface area contributed by atoms with E-state index in [1.807, 2.05) is 4.90 Å². The molecule has 0 spiro atoms. The molecule has 1 aromatic heterocycles. The number of nitrogens with zero attached hydrogens (tertiary/aromatic N) is 4. The average molecular weight is 611 g/mol. The van der Waals surface area contributed by atoms with Crippen molar-refractivity contribution in [2.24, 2.45) is 0 Å². The van der Waals surface area contributed by atoms with Crippen LogP contribution < -0.4 is 0 Å². The zero-order valence-electron chi connectivity index (χ0n) is 22.0. The van der Waals surface area contributed by atoms with Gasteiger partial charge in [0.05, 0.1) is 35.3 Å². The summed E-state index contributed by atoms with van der Waals surface area (Å²) in [6, 6.07) is 8.76. The highest BCUT2D eigenvalue weighted by Crippen LogP contribution is 2.36. The summed E-state index contributed by atoms with van der Waals surface area (Å²) in [6.07, 6.45) is -1.51. The van der Waals surface area contributed by atoms with Gasteiger partial charge in [-0.05, 0) is 66.1 Å². The predicted octanol–water partition coefficient (Wildman–Crippen LogP) is 6.24. The quantitative estimate of drug-likeness (QED) is 0.211. The van der Waals surface area contributed by atoms with Gasteiger partial charge < -0.3 is 4.74 Å². The molecule has 0 radical (unpaired) electrons. The zero-order chi connectivity index (χ0) is 29.3. The Labute approximate surface area is 243 Å². The Morgan fingerprint density at radius 2 is 1.98 bits per heavy atom. The summed E-state index contributed by atoms with van der Waals surface area (Å²) in [5, 5.41) is 4.55. The fourth-order valence-electron chi connectivity index (χ4n) is 5.26. The number of fused-ring (bicyclic) bond motifs is 1. The first kappa shape index (κ1) is 29.6. The van der Waals surface area contributed by atoms with Crippen LogP contribution in [-0.2, 0) is 22.3 Å². The van der Waals surface area contributed by atoms with Crippen LogP contribution in [0.3, 0.4) is 0 Å². The number of aromatic nitrogens is 2. The summed E-state index contributed by atoms with van der Waals surface area (Å²) in [4.78, 5) is 29.1. The van der Waals surface area contributed by atoms with E-state index < -0.39 is 23.8 Å². The van der Waals surface area contributed by atoms with E-state index >= 15 is 0 Å². The number of methoxy groups -OCH3 is 1. The van der Waals surface area contributed by atoms with Crippen molar-refractivity contribution in [2.75, 3.05) is 33.4 Å². The van der Waals surface area contributed by atoms with Gasteiger partial charge in [0.1, 0.15) is 6.17 Å². The van der Waals surface area contributed by atoms with Gasteiger partial charge in [0.15, 0.2) is 0 Å². The molecule has 2 aromatic carbocycles. The molecular weight excluding hydrogens is 584 g/mol. The molecule has 2 aliphatic heterocycles. The minimum atomic E-state index is -4.56. The van der Waals surface area contributed by atoms with Crippen LogP contribution in [0.1, 0.15) is 29.5 Å². The second-order valence-corrected chi connectivity index (χ2v) is 11.4. The molecule has 0 saturated carbocycles. The molecule has 2 aliphatic rings. The minimum absolute atomic E-state index is 0.00330. The summed E-state index contributed by atoms with van der Waals surface area (Å²) in [5.41, 5.74) is 0.471. The third kappa shape index (κ3) is 6.61. The molecule has 7 nitrogen and oxygen atoms in total. The van der Waals surface area contributed by atoms with Crippen LogP contribution in [0.15, 0.2) is 47.5 Å². The highest BCUT2D eigenvalue weighted by Gasteiger charge is 2.38. The van der Waals surface area contributed by atoms with Gasteiger partial charge in [-0.3, -0.25) is 24.1 Å². The second kappa shape index (κ2) is 12.1. The Morgan fingerprint density at radius 1 is 1.17 bits per heavy atom. The number of imide groups is 1. The highest BCUT2D eigenvalue weighted by molar-refractivity contribution is 8.18. The van der Waals surface area contributed by atoms with Crippen LogP contribution in [0.25, 0.3) is 17.0 Å². The van der Waals surface area contributed by atoms with Crippen LogP contribution >= 0.6 is 23.4 Å². The van der Waals surface area contributed by atoms with E-state index in [2.05, 4.69) is 5.10 Å². The van der Waals surface area contributed by atoms with Crippen molar-refractivity contribution in [1.82, 2.24) is 19.6 Å². The number of amides is 2. The lowest BCUT2D eigenvalue weighted by molar-refractivity contribution is -0.138. The number of rotatable bonds is 9. The predicted molar refractivity (Wildman–Crippen MR) is 149 cm³/mol. The molecule has 2 amide bonds. The zero-order valence-corrected chi connectivity index (χ0v) is 23.6. The maximum Gasteiger partial charge on any atom is 0.416 e. The van der Waals surface area contributed by atoms with Crippen molar-refractivity contribution in [2.45, 2.75) is 37.8 Å². The Hall–Kier alpha value is -2.93. The number of thioether (sulfide) groups is 1. The molecule has 0 aliphatic carbocycles. The van der Waals surface area contributed by atoms with E-state index in [4.69, 9.17) is 16.3 Å². The number of ether oxygens (including phenoxy) is 1. The van der Waals surface area contributed by atoms with Crippen molar-refractivity contribution < 1.29 is 31.9 Å². The first-order chi connectivity index (χ1) is 19.5. The molecule has 3 aromatic rings. The number of carbonyl (C=O) groups excluding carboxylic acids is 2. The van der Waals surface area contributed by atoms with Gasteiger partial charge in [0, 0.05) is 43.2 Å². The van der Waals surface area contributed by atoms with E-state index in [0.717, 1.165) is 17.8 Å². The van der Waals surface area contributed by atoms with E-state index in [0.29, 0.717) is 49.0 Å². The molecular formula is C28H27ClF4N4O3S. The molecule has 13 heteroatoms. The van der Waals surface area contributed by atoms with E-state index in [9.17, 15) is 27.2 Å². The van der Waals surface area contributed by atoms with Crippen LogP contribution in [-0.4, -0.2) is 76.3 Å². The highest BCUT2D eigenvalue weighted by atomic mass is 35.5. The third-order valence-electron chi connectivity index (χ3n) is 7.28. The summed E-state index contributed by atoms with van der Waals surface area (Å²) < 4.78 is 61.2. The van der Waals surface area contributed by atoms with Crippen molar-refractivity contribution in [3.8, 4) is 0 Å². The molecule has 2 saturated heterocycles. The lowest BCUT2D eigenvalue weighted by Gasteiger charge is -2.25. The number of benzene rings is 2. The molecule has 218 valence electrons. The lowest BCUT2D eigenvalue weighted by Crippen LogP contribution is -2.37. The maximum absolute atomic E-state index is 14.0. The van der Waals surface area contributed by atoms with Gasteiger partial charge in [-0.1, -0.05) is 23.7 Å². The van der Waals surface area contributed by atoms with E-state index in [-0.39, 0.29) is 39.9 Å². The Kier molecular flexibility index (Phi) is 8.74. The SMILES string of the molecule is COCCN1C[C@H](F)CC1CCN1C(=O)S/C(=C\c2ccc3c(cnn3Cc3ccc(Cl)cc3C(F)(F)F)c2)C1=O. The van der Waals surface area contributed by atoms with Gasteiger partial charge in [0.25, 0.3) is 11.1 Å². The topological polar surface area (TPSA) is 67.7 Å². The Bertz CT molecular complexity index is 1490. The minimum Gasteiger partial charge on any atom is -0.383 e. The first-order valence-electron chi connectivity index (χ1n) is 13.0. The van der Waals surface area contributed by atoms with Gasteiger partial charge in [-0.2, -0.15) is 18.3 Å². The molecule has 2 fully saturated rings. The lowest BCUT2D eigenvalue weighted by atomic mass is 10.1. The number of halogens is 5.